The molecule has 2 aromatic carbocycles. The largest absolute Gasteiger partial charge is 0.469 e. The van der Waals surface area contributed by atoms with Crippen molar-refractivity contribution in [3.63, 3.8) is 0 Å². The van der Waals surface area contributed by atoms with E-state index >= 15 is 0 Å². The maximum Gasteiger partial charge on any atom is 0.305 e. The van der Waals surface area contributed by atoms with Gasteiger partial charge in [-0.3, -0.25) is 9.59 Å². The quantitative estimate of drug-likeness (QED) is 0.383. The Bertz CT molecular complexity index is 820. The minimum atomic E-state index is -1.05. The molecule has 0 spiro atoms. The van der Waals surface area contributed by atoms with Crippen molar-refractivity contribution in [1.29, 1.82) is 0 Å². The fourth-order valence-corrected chi connectivity index (χ4v) is 4.91. The van der Waals surface area contributed by atoms with Crippen LogP contribution >= 0.6 is 0 Å². The highest BCUT2D eigenvalue weighted by Crippen LogP contribution is 2.41. The minimum Gasteiger partial charge on any atom is -0.469 e. The summed E-state index contributed by atoms with van der Waals surface area (Å²) in [5.41, 5.74) is 0.767. The third kappa shape index (κ3) is 6.67. The number of unbranched alkanes of at least 4 members (excludes halogenated alkanes) is 4. The zero-order valence-electron chi connectivity index (χ0n) is 19.7. The van der Waals surface area contributed by atoms with Gasteiger partial charge in [0.05, 0.1) is 7.11 Å². The van der Waals surface area contributed by atoms with Gasteiger partial charge in [0.15, 0.2) is 0 Å². The van der Waals surface area contributed by atoms with Gasteiger partial charge in [-0.05, 0) is 42.7 Å². The van der Waals surface area contributed by atoms with Crippen LogP contribution in [-0.4, -0.2) is 42.1 Å². The van der Waals surface area contributed by atoms with Crippen LogP contribution in [0.5, 0.6) is 0 Å². The van der Waals surface area contributed by atoms with E-state index in [0.29, 0.717) is 25.9 Å². The van der Waals surface area contributed by atoms with Crippen molar-refractivity contribution in [1.82, 2.24) is 4.90 Å². The molecule has 5 nitrogen and oxygen atoms in total. The standard InChI is InChI=1S/C28H37NO4/c1-33-27(31)18-12-4-2-3-11-17-26(30)29-21-19-25(20-22-29)28(32,23-13-7-5-8-14-23)24-15-9-6-10-16-24/h5-10,13-16,25,32H,2-4,11-12,17-22H2,1H3. The summed E-state index contributed by atoms with van der Waals surface area (Å²) in [4.78, 5) is 25.8. The lowest BCUT2D eigenvalue weighted by Gasteiger charge is -2.42. The van der Waals surface area contributed by atoms with E-state index in [1.54, 1.807) is 0 Å². The lowest BCUT2D eigenvalue weighted by atomic mass is 9.72. The molecule has 5 heteroatoms. The van der Waals surface area contributed by atoms with Gasteiger partial charge < -0.3 is 14.7 Å². The molecule has 178 valence electrons. The summed E-state index contributed by atoms with van der Waals surface area (Å²) in [7, 11) is 1.42. The number of amides is 1. The van der Waals surface area contributed by atoms with E-state index in [-0.39, 0.29) is 17.8 Å². The first-order valence-electron chi connectivity index (χ1n) is 12.2. The number of methoxy groups -OCH3 is 1. The number of rotatable bonds is 11. The molecule has 1 aliphatic rings. The number of piperidine rings is 1. The monoisotopic (exact) mass is 451 g/mol. The fourth-order valence-electron chi connectivity index (χ4n) is 4.91. The van der Waals surface area contributed by atoms with E-state index in [9.17, 15) is 14.7 Å². The van der Waals surface area contributed by atoms with E-state index in [1.165, 1.54) is 7.11 Å². The summed E-state index contributed by atoms with van der Waals surface area (Å²) in [5.74, 6) is 0.118. The molecule has 0 saturated carbocycles. The molecule has 1 saturated heterocycles. The Morgan fingerprint density at radius 2 is 1.33 bits per heavy atom. The van der Waals surface area contributed by atoms with Crippen LogP contribution in [0.1, 0.15) is 68.9 Å². The van der Waals surface area contributed by atoms with E-state index < -0.39 is 5.60 Å². The average Bonchev–Trinajstić information content (AvgIpc) is 2.88. The Labute approximate surface area is 197 Å². The van der Waals surface area contributed by atoms with Crippen LogP contribution in [0.3, 0.4) is 0 Å². The number of carbonyl (C=O) groups excluding carboxylic acids is 2. The van der Waals surface area contributed by atoms with Gasteiger partial charge in [-0.2, -0.15) is 0 Å². The molecule has 0 aromatic heterocycles. The minimum absolute atomic E-state index is 0.0566. The van der Waals surface area contributed by atoms with Gasteiger partial charge >= 0.3 is 5.97 Å². The molecule has 1 heterocycles. The summed E-state index contributed by atoms with van der Waals surface area (Å²) < 4.78 is 4.65. The highest BCUT2D eigenvalue weighted by atomic mass is 16.5. The van der Waals surface area contributed by atoms with E-state index in [1.807, 2.05) is 65.6 Å². The summed E-state index contributed by atoms with van der Waals surface area (Å²) in [5, 5.41) is 12.0. The number of ether oxygens (including phenoxy) is 1. The van der Waals surface area contributed by atoms with Crippen LogP contribution in [-0.2, 0) is 19.9 Å². The van der Waals surface area contributed by atoms with Gasteiger partial charge in [0.1, 0.15) is 5.60 Å². The first-order valence-corrected chi connectivity index (χ1v) is 12.2. The van der Waals surface area contributed by atoms with Gasteiger partial charge in [0.25, 0.3) is 0 Å². The first kappa shape index (κ1) is 25.0. The van der Waals surface area contributed by atoms with Gasteiger partial charge in [-0.25, -0.2) is 0 Å². The Morgan fingerprint density at radius 3 is 1.85 bits per heavy atom. The van der Waals surface area contributed by atoms with Crippen molar-refractivity contribution in [2.24, 2.45) is 5.92 Å². The molecule has 1 fully saturated rings. The smallest absolute Gasteiger partial charge is 0.305 e. The van der Waals surface area contributed by atoms with Crippen molar-refractivity contribution >= 4 is 11.9 Å². The van der Waals surface area contributed by atoms with Crippen molar-refractivity contribution in [3.05, 3.63) is 71.8 Å². The summed E-state index contributed by atoms with van der Waals surface area (Å²) in [6, 6.07) is 19.8. The maximum absolute atomic E-state index is 12.7. The lowest BCUT2D eigenvalue weighted by molar-refractivity contribution is -0.140. The van der Waals surface area contributed by atoms with Gasteiger partial charge in [0, 0.05) is 25.9 Å². The molecule has 0 bridgehead atoms. The second-order valence-corrected chi connectivity index (χ2v) is 9.00. The molecule has 33 heavy (non-hydrogen) atoms. The molecule has 1 amide bonds. The molecule has 0 unspecified atom stereocenters. The summed E-state index contributed by atoms with van der Waals surface area (Å²) in [6.45, 7) is 1.37. The third-order valence-electron chi connectivity index (χ3n) is 6.87. The predicted octanol–water partition coefficient (Wildman–Crippen LogP) is 5.06. The molecular formula is C28H37NO4. The molecule has 0 radical (unpaired) electrons. The number of hydrogen-bond donors (Lipinski definition) is 1. The van der Waals surface area contributed by atoms with Crippen LogP contribution in [0.15, 0.2) is 60.7 Å². The number of likely N-dealkylation sites (tertiary alicyclic amines) is 1. The number of esters is 1. The molecule has 3 rings (SSSR count). The zero-order chi connectivity index (χ0) is 23.5. The van der Waals surface area contributed by atoms with Gasteiger partial charge in [0.2, 0.25) is 5.91 Å². The third-order valence-corrected chi connectivity index (χ3v) is 6.87. The summed E-state index contributed by atoms with van der Waals surface area (Å²) >= 11 is 0. The van der Waals surface area contributed by atoms with Crippen molar-refractivity contribution in [2.45, 2.75) is 63.4 Å². The Kier molecular flexibility index (Phi) is 9.49. The molecule has 1 N–H and O–H groups in total. The molecule has 1 aliphatic heterocycles. The highest BCUT2D eigenvalue weighted by Gasteiger charge is 2.41. The van der Waals surface area contributed by atoms with Crippen LogP contribution in [0.4, 0.5) is 0 Å². The van der Waals surface area contributed by atoms with Gasteiger partial charge in [-0.1, -0.05) is 79.9 Å². The zero-order valence-corrected chi connectivity index (χ0v) is 19.7. The van der Waals surface area contributed by atoms with Gasteiger partial charge in [-0.15, -0.1) is 0 Å². The van der Waals surface area contributed by atoms with Crippen LogP contribution in [0, 0.1) is 5.92 Å². The van der Waals surface area contributed by atoms with Crippen LogP contribution in [0.25, 0.3) is 0 Å². The SMILES string of the molecule is COC(=O)CCCCCCCC(=O)N1CCC(C(O)(c2ccccc2)c2ccccc2)CC1. The van der Waals surface area contributed by atoms with Crippen molar-refractivity contribution in [3.8, 4) is 0 Å². The van der Waals surface area contributed by atoms with Crippen LogP contribution < -0.4 is 0 Å². The topological polar surface area (TPSA) is 66.8 Å². The fraction of sp³-hybridized carbons (Fsp3) is 0.500. The molecular weight excluding hydrogens is 414 g/mol. The molecule has 2 aromatic rings. The highest BCUT2D eigenvalue weighted by molar-refractivity contribution is 5.76. The lowest BCUT2D eigenvalue weighted by Crippen LogP contribution is -2.46. The number of carbonyl (C=O) groups is 2. The molecule has 0 atom stereocenters. The Morgan fingerprint density at radius 1 is 0.848 bits per heavy atom. The van der Waals surface area contributed by atoms with Crippen molar-refractivity contribution in [2.75, 3.05) is 20.2 Å². The van der Waals surface area contributed by atoms with Crippen molar-refractivity contribution < 1.29 is 19.4 Å². The number of nitrogens with zero attached hydrogens (tertiary/aromatic N) is 1. The normalized spacial score (nSPS) is 14.8. The van der Waals surface area contributed by atoms with E-state index in [0.717, 1.165) is 56.1 Å². The maximum atomic E-state index is 12.7. The van der Waals surface area contributed by atoms with E-state index in [4.69, 9.17) is 0 Å². The number of benzene rings is 2. The average molecular weight is 452 g/mol. The predicted molar refractivity (Wildman–Crippen MR) is 130 cm³/mol. The first-order chi connectivity index (χ1) is 16.1. The Hall–Kier alpha value is -2.66. The second-order valence-electron chi connectivity index (χ2n) is 9.00. The van der Waals surface area contributed by atoms with Crippen LogP contribution in [0.2, 0.25) is 0 Å². The Balaban J connectivity index is 1.49. The summed E-state index contributed by atoms with van der Waals surface area (Å²) in [6.07, 6.45) is 7.37. The number of hydrogen-bond acceptors (Lipinski definition) is 4. The number of aliphatic hydroxyl groups is 1. The van der Waals surface area contributed by atoms with E-state index in [2.05, 4.69) is 4.74 Å². The molecule has 0 aliphatic carbocycles. The second kappa shape index (κ2) is 12.5.